The van der Waals surface area contributed by atoms with Crippen LogP contribution in [-0.4, -0.2) is 13.7 Å². The second kappa shape index (κ2) is 6.51. The number of nitrogens with one attached hydrogen (secondary N) is 1. The molecule has 2 aromatic rings. The molecular formula is C17H20BrNOS. The average molecular weight is 366 g/mol. The molecule has 0 spiro atoms. The van der Waals surface area contributed by atoms with E-state index in [-0.39, 0.29) is 6.04 Å². The maximum atomic E-state index is 5.30. The standard InChI is InChI=1S/C17H20BrNOS/c1-3-19-17(13-8-7-12(20-2)10-14(13)18)16-9-11-5-4-6-15(11)21-16/h7-10,17,19H,3-6H2,1-2H3. The topological polar surface area (TPSA) is 21.3 Å². The number of halogens is 1. The van der Waals surface area contributed by atoms with Gasteiger partial charge in [0, 0.05) is 14.2 Å². The van der Waals surface area contributed by atoms with Crippen molar-refractivity contribution in [2.75, 3.05) is 13.7 Å². The lowest BCUT2D eigenvalue weighted by Gasteiger charge is -2.19. The molecule has 1 heterocycles. The van der Waals surface area contributed by atoms with Crippen molar-refractivity contribution < 1.29 is 4.74 Å². The van der Waals surface area contributed by atoms with Gasteiger partial charge in [-0.1, -0.05) is 28.9 Å². The van der Waals surface area contributed by atoms with Gasteiger partial charge in [0.1, 0.15) is 5.75 Å². The van der Waals surface area contributed by atoms with Crippen molar-refractivity contribution in [2.45, 2.75) is 32.2 Å². The molecule has 1 aromatic heterocycles. The number of benzene rings is 1. The van der Waals surface area contributed by atoms with Crippen molar-refractivity contribution in [1.82, 2.24) is 5.32 Å². The van der Waals surface area contributed by atoms with Gasteiger partial charge in [-0.3, -0.25) is 0 Å². The lowest BCUT2D eigenvalue weighted by molar-refractivity contribution is 0.414. The second-order valence-electron chi connectivity index (χ2n) is 5.33. The maximum absolute atomic E-state index is 5.30. The van der Waals surface area contributed by atoms with Gasteiger partial charge >= 0.3 is 0 Å². The summed E-state index contributed by atoms with van der Waals surface area (Å²) in [6.45, 7) is 3.11. The van der Waals surface area contributed by atoms with Crippen LogP contribution in [0, 0.1) is 0 Å². The summed E-state index contributed by atoms with van der Waals surface area (Å²) < 4.78 is 6.40. The lowest BCUT2D eigenvalue weighted by atomic mass is 10.0. The normalized spacial score (nSPS) is 15.0. The first-order valence-electron chi connectivity index (χ1n) is 7.41. The van der Waals surface area contributed by atoms with Crippen LogP contribution in [-0.2, 0) is 12.8 Å². The number of rotatable bonds is 5. The fourth-order valence-electron chi connectivity index (χ4n) is 2.93. The number of ether oxygens (including phenoxy) is 1. The molecule has 1 aliphatic carbocycles. The number of fused-ring (bicyclic) bond motifs is 1. The highest BCUT2D eigenvalue weighted by Gasteiger charge is 2.22. The van der Waals surface area contributed by atoms with E-state index in [4.69, 9.17) is 4.74 Å². The van der Waals surface area contributed by atoms with E-state index in [1.807, 2.05) is 23.5 Å². The zero-order valence-electron chi connectivity index (χ0n) is 12.4. The average Bonchev–Trinajstić information content (AvgIpc) is 3.06. The fourth-order valence-corrected chi connectivity index (χ4v) is 4.87. The Hall–Kier alpha value is -0.840. The Morgan fingerprint density at radius 1 is 1.33 bits per heavy atom. The van der Waals surface area contributed by atoms with Crippen molar-refractivity contribution in [3.8, 4) is 5.75 Å². The van der Waals surface area contributed by atoms with Gasteiger partial charge in [0.15, 0.2) is 0 Å². The van der Waals surface area contributed by atoms with Gasteiger partial charge in [-0.2, -0.15) is 0 Å². The van der Waals surface area contributed by atoms with E-state index in [9.17, 15) is 0 Å². The number of aryl methyl sites for hydroxylation is 2. The van der Waals surface area contributed by atoms with E-state index in [2.05, 4.69) is 40.3 Å². The summed E-state index contributed by atoms with van der Waals surface area (Å²) in [6, 6.07) is 8.89. The molecule has 1 aromatic carbocycles. The molecule has 0 amide bonds. The molecule has 2 nitrogen and oxygen atoms in total. The minimum Gasteiger partial charge on any atom is -0.497 e. The summed E-state index contributed by atoms with van der Waals surface area (Å²) in [7, 11) is 1.70. The first-order chi connectivity index (χ1) is 10.2. The van der Waals surface area contributed by atoms with Crippen molar-refractivity contribution in [3.63, 3.8) is 0 Å². The van der Waals surface area contributed by atoms with E-state index in [1.165, 1.54) is 29.7 Å². The molecule has 0 saturated heterocycles. The summed E-state index contributed by atoms with van der Waals surface area (Å²) in [5, 5.41) is 3.62. The van der Waals surface area contributed by atoms with Crippen molar-refractivity contribution in [2.24, 2.45) is 0 Å². The molecule has 0 saturated carbocycles. The van der Waals surface area contributed by atoms with Gasteiger partial charge in [-0.15, -0.1) is 11.3 Å². The van der Waals surface area contributed by atoms with E-state index < -0.39 is 0 Å². The number of hydrogen-bond acceptors (Lipinski definition) is 3. The van der Waals surface area contributed by atoms with Crippen LogP contribution in [0.25, 0.3) is 0 Å². The van der Waals surface area contributed by atoms with Crippen LogP contribution in [0.3, 0.4) is 0 Å². The summed E-state index contributed by atoms with van der Waals surface area (Å²) in [5.41, 5.74) is 2.83. The molecule has 0 fully saturated rings. The van der Waals surface area contributed by atoms with Gasteiger partial charge in [-0.25, -0.2) is 0 Å². The molecule has 21 heavy (non-hydrogen) atoms. The molecule has 4 heteroatoms. The maximum Gasteiger partial charge on any atom is 0.120 e. The Balaban J connectivity index is 1.97. The van der Waals surface area contributed by atoms with Crippen LogP contribution in [0.2, 0.25) is 0 Å². The zero-order chi connectivity index (χ0) is 14.8. The molecule has 1 aliphatic rings. The van der Waals surface area contributed by atoms with Gasteiger partial charge in [-0.05, 0) is 55.1 Å². The van der Waals surface area contributed by atoms with Crippen LogP contribution < -0.4 is 10.1 Å². The van der Waals surface area contributed by atoms with Gasteiger partial charge in [0.05, 0.1) is 13.2 Å². The molecule has 112 valence electrons. The van der Waals surface area contributed by atoms with Crippen molar-refractivity contribution in [3.05, 3.63) is 49.6 Å². The zero-order valence-corrected chi connectivity index (χ0v) is 14.8. The minimum atomic E-state index is 0.255. The molecule has 0 radical (unpaired) electrons. The lowest BCUT2D eigenvalue weighted by Crippen LogP contribution is -2.21. The highest BCUT2D eigenvalue weighted by atomic mass is 79.9. The Bertz CT molecular complexity index is 616. The van der Waals surface area contributed by atoms with E-state index in [0.717, 1.165) is 16.8 Å². The molecule has 1 unspecified atom stereocenters. The van der Waals surface area contributed by atoms with Crippen LogP contribution in [0.5, 0.6) is 5.75 Å². The van der Waals surface area contributed by atoms with E-state index in [1.54, 1.807) is 17.6 Å². The third-order valence-electron chi connectivity index (χ3n) is 3.98. The summed E-state index contributed by atoms with van der Waals surface area (Å²) >= 11 is 5.67. The van der Waals surface area contributed by atoms with Crippen LogP contribution in [0.4, 0.5) is 0 Å². The number of methoxy groups -OCH3 is 1. The third kappa shape index (κ3) is 3.03. The van der Waals surface area contributed by atoms with Crippen molar-refractivity contribution >= 4 is 27.3 Å². The largest absolute Gasteiger partial charge is 0.497 e. The minimum absolute atomic E-state index is 0.255. The third-order valence-corrected chi connectivity index (χ3v) is 5.97. The Morgan fingerprint density at radius 2 is 2.19 bits per heavy atom. The fraction of sp³-hybridized carbons (Fsp3) is 0.412. The Labute approximate surface area is 138 Å². The first-order valence-corrected chi connectivity index (χ1v) is 9.02. The van der Waals surface area contributed by atoms with Crippen LogP contribution >= 0.6 is 27.3 Å². The number of thiophene rings is 1. The van der Waals surface area contributed by atoms with Gasteiger partial charge in [0.25, 0.3) is 0 Å². The summed E-state index contributed by atoms with van der Waals surface area (Å²) in [5.74, 6) is 0.884. The highest BCUT2D eigenvalue weighted by Crippen LogP contribution is 2.38. The van der Waals surface area contributed by atoms with Crippen LogP contribution in [0.1, 0.15) is 40.3 Å². The Kier molecular flexibility index (Phi) is 4.67. The van der Waals surface area contributed by atoms with Crippen LogP contribution in [0.15, 0.2) is 28.7 Å². The van der Waals surface area contributed by atoms with E-state index in [0.29, 0.717) is 0 Å². The summed E-state index contributed by atoms with van der Waals surface area (Å²) in [6.07, 6.45) is 3.82. The quantitative estimate of drug-likeness (QED) is 0.828. The smallest absolute Gasteiger partial charge is 0.120 e. The number of hydrogen-bond donors (Lipinski definition) is 1. The first kappa shape index (κ1) is 15.1. The molecule has 0 bridgehead atoms. The summed E-state index contributed by atoms with van der Waals surface area (Å²) in [4.78, 5) is 3.00. The SMILES string of the molecule is CCNC(c1cc2c(s1)CCC2)c1ccc(OC)cc1Br. The predicted octanol–water partition coefficient (Wildman–Crippen LogP) is 4.71. The molecule has 1 N–H and O–H groups in total. The monoisotopic (exact) mass is 365 g/mol. The Morgan fingerprint density at radius 3 is 2.86 bits per heavy atom. The van der Waals surface area contributed by atoms with Crippen molar-refractivity contribution in [1.29, 1.82) is 0 Å². The van der Waals surface area contributed by atoms with Gasteiger partial charge < -0.3 is 10.1 Å². The molecule has 1 atom stereocenters. The van der Waals surface area contributed by atoms with Gasteiger partial charge in [0.2, 0.25) is 0 Å². The molecular weight excluding hydrogens is 346 g/mol. The second-order valence-corrected chi connectivity index (χ2v) is 7.35. The predicted molar refractivity (Wildman–Crippen MR) is 92.6 cm³/mol. The molecule has 0 aliphatic heterocycles. The highest BCUT2D eigenvalue weighted by molar-refractivity contribution is 9.10. The molecule has 3 rings (SSSR count). The van der Waals surface area contributed by atoms with E-state index >= 15 is 0 Å².